The lowest BCUT2D eigenvalue weighted by atomic mass is 10.2. The molecule has 0 heterocycles. The molecule has 3 nitrogen and oxygen atoms in total. The molecule has 1 N–H and O–H groups in total. The number of ether oxygens (including phenoxy) is 1. The first kappa shape index (κ1) is 9.74. The van der Waals surface area contributed by atoms with Gasteiger partial charge >= 0.3 is 5.97 Å². The number of allylic oxidation sites excluding steroid dienone is 2. The van der Waals surface area contributed by atoms with Crippen LogP contribution in [0.25, 0.3) is 0 Å². The molecule has 0 aromatic heterocycles. The van der Waals surface area contributed by atoms with Crippen LogP contribution < -0.4 is 0 Å². The van der Waals surface area contributed by atoms with Crippen LogP contribution in [0.3, 0.4) is 0 Å². The van der Waals surface area contributed by atoms with Crippen LogP contribution in [0, 0.1) is 0 Å². The summed E-state index contributed by atoms with van der Waals surface area (Å²) < 4.78 is 5.28. The van der Waals surface area contributed by atoms with Crippen LogP contribution in [0.2, 0.25) is 0 Å². The highest BCUT2D eigenvalue weighted by molar-refractivity contribution is 5.90. The smallest absolute Gasteiger partial charge is 0.335 e. The lowest BCUT2D eigenvalue weighted by Gasteiger charge is -2.06. The maximum atomic E-state index is 10.7. The Kier molecular flexibility index (Phi) is 3.46. The van der Waals surface area contributed by atoms with Gasteiger partial charge in [0.05, 0.1) is 11.7 Å². The Morgan fingerprint density at radius 2 is 2.38 bits per heavy atom. The van der Waals surface area contributed by atoms with E-state index < -0.39 is 5.97 Å². The largest absolute Gasteiger partial charge is 0.478 e. The van der Waals surface area contributed by atoms with Gasteiger partial charge < -0.3 is 9.84 Å². The molecule has 3 heteroatoms. The monoisotopic (exact) mass is 180 g/mol. The number of aliphatic carboxylic acids is 1. The van der Waals surface area contributed by atoms with Gasteiger partial charge in [0.2, 0.25) is 0 Å². The first-order chi connectivity index (χ1) is 6.24. The molecule has 1 atom stereocenters. The second-order valence-electron chi connectivity index (χ2n) is 2.59. The molecule has 1 aliphatic carbocycles. The Labute approximate surface area is 77.0 Å². The second kappa shape index (κ2) is 4.62. The van der Waals surface area contributed by atoms with Crippen LogP contribution in [-0.2, 0) is 9.53 Å². The zero-order valence-electron chi connectivity index (χ0n) is 7.43. The van der Waals surface area contributed by atoms with E-state index in [-0.39, 0.29) is 11.7 Å². The number of rotatable bonds is 3. The molecule has 0 radical (unpaired) electrons. The van der Waals surface area contributed by atoms with Crippen LogP contribution in [0.4, 0.5) is 0 Å². The van der Waals surface area contributed by atoms with Crippen molar-refractivity contribution in [3.8, 4) is 0 Å². The Morgan fingerprint density at radius 1 is 1.62 bits per heavy atom. The number of carboxylic acids is 1. The molecule has 0 spiro atoms. The molecule has 1 rings (SSSR count). The fourth-order valence-corrected chi connectivity index (χ4v) is 1.06. The quantitative estimate of drug-likeness (QED) is 0.716. The van der Waals surface area contributed by atoms with Crippen LogP contribution in [0.1, 0.15) is 6.92 Å². The van der Waals surface area contributed by atoms with Crippen LogP contribution in [0.15, 0.2) is 36.0 Å². The van der Waals surface area contributed by atoms with Gasteiger partial charge in [-0.1, -0.05) is 18.2 Å². The van der Waals surface area contributed by atoms with E-state index in [1.165, 1.54) is 0 Å². The highest BCUT2D eigenvalue weighted by Gasteiger charge is 2.08. The average molecular weight is 180 g/mol. The predicted molar refractivity (Wildman–Crippen MR) is 49.4 cm³/mol. The van der Waals surface area contributed by atoms with Crippen molar-refractivity contribution < 1.29 is 14.6 Å². The third-order valence-corrected chi connectivity index (χ3v) is 1.64. The SMILES string of the molecule is CCOC1C=CC=CC(C(=O)O)=C1. The van der Waals surface area contributed by atoms with Crippen molar-refractivity contribution in [2.75, 3.05) is 6.61 Å². The van der Waals surface area contributed by atoms with E-state index >= 15 is 0 Å². The maximum Gasteiger partial charge on any atom is 0.335 e. The standard InChI is InChI=1S/C10H12O3/c1-2-13-9-6-4-3-5-8(7-9)10(11)12/h3-7,9H,2H2,1H3,(H,11,12). The summed E-state index contributed by atoms with van der Waals surface area (Å²) >= 11 is 0. The molecule has 0 amide bonds. The summed E-state index contributed by atoms with van der Waals surface area (Å²) in [6.45, 7) is 2.44. The Morgan fingerprint density at radius 3 is 3.00 bits per heavy atom. The van der Waals surface area contributed by atoms with Gasteiger partial charge in [0.1, 0.15) is 0 Å². The van der Waals surface area contributed by atoms with Gasteiger partial charge in [-0.3, -0.25) is 0 Å². The summed E-state index contributed by atoms with van der Waals surface area (Å²) in [5, 5.41) is 8.75. The van der Waals surface area contributed by atoms with Gasteiger partial charge in [0, 0.05) is 6.61 Å². The zero-order valence-corrected chi connectivity index (χ0v) is 7.43. The van der Waals surface area contributed by atoms with Crippen molar-refractivity contribution in [3.63, 3.8) is 0 Å². The van der Waals surface area contributed by atoms with E-state index in [0.717, 1.165) is 0 Å². The molecule has 0 aromatic carbocycles. The van der Waals surface area contributed by atoms with Crippen LogP contribution in [0.5, 0.6) is 0 Å². The lowest BCUT2D eigenvalue weighted by molar-refractivity contribution is -0.132. The third-order valence-electron chi connectivity index (χ3n) is 1.64. The minimum atomic E-state index is -0.926. The van der Waals surface area contributed by atoms with Gasteiger partial charge in [-0.25, -0.2) is 4.79 Å². The van der Waals surface area contributed by atoms with Gasteiger partial charge in [0.25, 0.3) is 0 Å². The summed E-state index contributed by atoms with van der Waals surface area (Å²) in [4.78, 5) is 10.7. The number of carbonyl (C=O) groups is 1. The fraction of sp³-hybridized carbons (Fsp3) is 0.300. The molecule has 0 saturated carbocycles. The number of hydrogen-bond donors (Lipinski definition) is 1. The predicted octanol–water partition coefficient (Wildman–Crippen LogP) is 1.53. The first-order valence-corrected chi connectivity index (χ1v) is 4.15. The van der Waals surface area contributed by atoms with E-state index in [9.17, 15) is 4.79 Å². The third kappa shape index (κ3) is 2.87. The zero-order chi connectivity index (χ0) is 9.68. The minimum absolute atomic E-state index is 0.230. The van der Waals surface area contributed by atoms with Crippen molar-refractivity contribution in [2.45, 2.75) is 13.0 Å². The molecule has 1 aliphatic rings. The van der Waals surface area contributed by atoms with E-state index in [0.29, 0.717) is 6.61 Å². The van der Waals surface area contributed by atoms with Crippen molar-refractivity contribution in [1.82, 2.24) is 0 Å². The molecule has 0 fully saturated rings. The maximum absolute atomic E-state index is 10.7. The average Bonchev–Trinajstić information content (AvgIpc) is 2.30. The number of carboxylic acid groups (broad SMARTS) is 1. The van der Waals surface area contributed by atoms with Gasteiger partial charge in [-0.05, 0) is 19.1 Å². The normalized spacial score (nSPS) is 21.0. The van der Waals surface area contributed by atoms with E-state index in [2.05, 4.69) is 0 Å². The number of hydrogen-bond acceptors (Lipinski definition) is 2. The van der Waals surface area contributed by atoms with Gasteiger partial charge in [-0.15, -0.1) is 0 Å². The van der Waals surface area contributed by atoms with E-state index in [1.807, 2.05) is 13.0 Å². The van der Waals surface area contributed by atoms with Crippen molar-refractivity contribution in [3.05, 3.63) is 36.0 Å². The molecular formula is C10H12O3. The molecule has 0 aromatic rings. The highest BCUT2D eigenvalue weighted by atomic mass is 16.5. The Balaban J connectivity index is 2.78. The molecule has 1 unspecified atom stereocenters. The molecular weight excluding hydrogens is 168 g/mol. The van der Waals surface area contributed by atoms with Crippen molar-refractivity contribution >= 4 is 5.97 Å². The van der Waals surface area contributed by atoms with Crippen molar-refractivity contribution in [2.24, 2.45) is 0 Å². The van der Waals surface area contributed by atoms with Gasteiger partial charge in [-0.2, -0.15) is 0 Å². The molecule has 0 bridgehead atoms. The minimum Gasteiger partial charge on any atom is -0.478 e. The fourth-order valence-electron chi connectivity index (χ4n) is 1.06. The Bertz CT molecular complexity index is 274. The first-order valence-electron chi connectivity index (χ1n) is 4.15. The summed E-state index contributed by atoms with van der Waals surface area (Å²) in [7, 11) is 0. The molecule has 70 valence electrons. The van der Waals surface area contributed by atoms with Crippen LogP contribution >= 0.6 is 0 Å². The Hall–Kier alpha value is -1.35. The van der Waals surface area contributed by atoms with Crippen molar-refractivity contribution in [1.29, 1.82) is 0 Å². The molecule has 0 aliphatic heterocycles. The lowest BCUT2D eigenvalue weighted by Crippen LogP contribution is -2.08. The molecule has 13 heavy (non-hydrogen) atoms. The second-order valence-corrected chi connectivity index (χ2v) is 2.59. The summed E-state index contributed by atoms with van der Waals surface area (Å²) in [6, 6.07) is 0. The van der Waals surface area contributed by atoms with Gasteiger partial charge in [0.15, 0.2) is 0 Å². The summed E-state index contributed by atoms with van der Waals surface area (Å²) in [6.07, 6.45) is 8.21. The summed E-state index contributed by atoms with van der Waals surface area (Å²) in [5.41, 5.74) is 0.267. The van der Waals surface area contributed by atoms with E-state index in [1.54, 1.807) is 24.3 Å². The highest BCUT2D eigenvalue weighted by Crippen LogP contribution is 2.08. The molecule has 0 saturated heterocycles. The van der Waals surface area contributed by atoms with Crippen LogP contribution in [-0.4, -0.2) is 23.8 Å². The summed E-state index contributed by atoms with van der Waals surface area (Å²) in [5.74, 6) is -0.926. The van der Waals surface area contributed by atoms with E-state index in [4.69, 9.17) is 9.84 Å². The topological polar surface area (TPSA) is 46.5 Å².